The van der Waals surface area contributed by atoms with Crippen LogP contribution in [0.25, 0.3) is 33.3 Å². The first-order valence-electron chi connectivity index (χ1n) is 20.8. The van der Waals surface area contributed by atoms with Gasteiger partial charge in [-0.15, -0.1) is 0 Å². The number of carbonyl (C=O) groups excluding carboxylic acids is 2. The average molecular weight is 830 g/mol. The molecule has 11 nitrogen and oxygen atoms in total. The van der Waals surface area contributed by atoms with E-state index in [2.05, 4.69) is 99.0 Å². The third-order valence-corrected chi connectivity index (χ3v) is 10.9. The summed E-state index contributed by atoms with van der Waals surface area (Å²) in [7, 11) is 1.41. The normalized spacial score (nSPS) is 11.1. The fraction of sp³-hybridized carbons (Fsp3) is 0.216. The Hall–Kier alpha value is -7.08. The van der Waals surface area contributed by atoms with E-state index in [1.165, 1.54) is 35.1 Å². The lowest BCUT2D eigenvalue weighted by Gasteiger charge is -2.13. The van der Waals surface area contributed by atoms with Crippen LogP contribution in [0.5, 0.6) is 5.88 Å². The zero-order valence-corrected chi connectivity index (χ0v) is 35.7. The van der Waals surface area contributed by atoms with Crippen LogP contribution >= 0.6 is 0 Å². The number of ketones is 1. The molecule has 8 rings (SSSR count). The Balaban J connectivity index is 0.000000196. The third-order valence-electron chi connectivity index (χ3n) is 10.9. The summed E-state index contributed by atoms with van der Waals surface area (Å²) in [5.41, 5.74) is 19.4. The van der Waals surface area contributed by atoms with Gasteiger partial charge in [0.1, 0.15) is 24.2 Å². The molecule has 0 aliphatic heterocycles. The predicted octanol–water partition coefficient (Wildman–Crippen LogP) is 8.84. The predicted molar refractivity (Wildman–Crippen MR) is 243 cm³/mol. The minimum Gasteiger partial charge on any atom is -0.474 e. The van der Waals surface area contributed by atoms with Crippen LogP contribution in [0.1, 0.15) is 69.2 Å². The standard InChI is InChI=1S/C28H29N3O5.C23H22N2O/c1-4-21-23(16-20-12-8-9-13-22(20)19-10-6-5-7-11-19)31-17-18(2)30-28(35-14-15-36-34-3)25(31)24(21)26(32)27(29)33;1-3-17-13-22-23(26)24-16(2)15-25(22)21(17)14-19-11-7-8-12-20(19)18-9-5-4-6-10-18/h5-13,17H,4,14-16H2,1-3H3,(H2,29,33);4-13,15H,3,14H2,1-2H3,(H,24,26). The van der Waals surface area contributed by atoms with Gasteiger partial charge in [-0.3, -0.25) is 14.4 Å². The van der Waals surface area contributed by atoms with E-state index in [0.29, 0.717) is 24.1 Å². The number of nitrogens with zero attached hydrogens (tertiary/aromatic N) is 3. The maximum Gasteiger partial charge on any atom is 0.289 e. The Morgan fingerprint density at radius 1 is 0.710 bits per heavy atom. The van der Waals surface area contributed by atoms with Crippen LogP contribution in [0, 0.1) is 13.8 Å². The highest BCUT2D eigenvalue weighted by atomic mass is 17.2. The average Bonchev–Trinajstić information content (AvgIpc) is 3.80. The lowest BCUT2D eigenvalue weighted by atomic mass is 9.94. The van der Waals surface area contributed by atoms with Crippen molar-refractivity contribution in [2.24, 2.45) is 5.73 Å². The molecule has 316 valence electrons. The molecule has 1 amide bonds. The van der Waals surface area contributed by atoms with E-state index >= 15 is 0 Å². The summed E-state index contributed by atoms with van der Waals surface area (Å²) in [6.45, 7) is 8.17. The summed E-state index contributed by atoms with van der Waals surface area (Å²) in [5.74, 6) is -1.56. The molecule has 0 fully saturated rings. The highest BCUT2D eigenvalue weighted by Crippen LogP contribution is 2.35. The maximum atomic E-state index is 13.1. The van der Waals surface area contributed by atoms with Crippen LogP contribution in [0.3, 0.4) is 0 Å². The van der Waals surface area contributed by atoms with E-state index in [1.54, 1.807) is 0 Å². The Bertz CT molecular complexity index is 2910. The lowest BCUT2D eigenvalue weighted by molar-refractivity contribution is -0.275. The quantitative estimate of drug-likeness (QED) is 0.0346. The van der Waals surface area contributed by atoms with Gasteiger partial charge in [-0.05, 0) is 77.3 Å². The molecule has 4 aromatic carbocycles. The van der Waals surface area contributed by atoms with Gasteiger partial charge in [0.15, 0.2) is 0 Å². The molecular weight excluding hydrogens is 779 g/mol. The first kappa shape index (κ1) is 43.0. The number of fused-ring (bicyclic) bond motifs is 2. The second-order valence-electron chi connectivity index (χ2n) is 15.0. The number of nitrogens with one attached hydrogen (secondary N) is 1. The number of rotatable bonds is 15. The molecule has 0 saturated carbocycles. The molecule has 0 aliphatic carbocycles. The van der Waals surface area contributed by atoms with Gasteiger partial charge in [0.05, 0.1) is 18.4 Å². The highest BCUT2D eigenvalue weighted by molar-refractivity contribution is 6.44. The summed E-state index contributed by atoms with van der Waals surface area (Å²) in [5, 5.41) is 0. The second kappa shape index (κ2) is 19.5. The zero-order chi connectivity index (χ0) is 43.8. The molecule has 0 radical (unpaired) electrons. The summed E-state index contributed by atoms with van der Waals surface area (Å²) in [6, 6.07) is 39.3. The number of hydrogen-bond acceptors (Lipinski definition) is 7. The molecule has 3 N–H and O–H groups in total. The molecule has 0 saturated heterocycles. The Labute approximate surface area is 360 Å². The van der Waals surface area contributed by atoms with Crippen molar-refractivity contribution in [3.05, 3.63) is 189 Å². The molecule has 0 bridgehead atoms. The Kier molecular flexibility index (Phi) is 13.6. The summed E-state index contributed by atoms with van der Waals surface area (Å²) in [6.07, 6.45) is 6.62. The van der Waals surface area contributed by atoms with Crippen LogP contribution in [0.4, 0.5) is 0 Å². The van der Waals surface area contributed by atoms with Crippen LogP contribution in [-0.4, -0.2) is 50.8 Å². The van der Waals surface area contributed by atoms with Crippen molar-refractivity contribution in [1.82, 2.24) is 18.8 Å². The smallest absolute Gasteiger partial charge is 0.289 e. The monoisotopic (exact) mass is 829 g/mol. The minimum absolute atomic E-state index is 0.0257. The first-order chi connectivity index (χ1) is 30.1. The van der Waals surface area contributed by atoms with Crippen LogP contribution in [-0.2, 0) is 40.3 Å². The molecular formula is C51H51N5O6. The van der Waals surface area contributed by atoms with E-state index in [9.17, 15) is 14.4 Å². The minimum atomic E-state index is -1.03. The largest absolute Gasteiger partial charge is 0.474 e. The van der Waals surface area contributed by atoms with Gasteiger partial charge in [-0.2, -0.15) is 0 Å². The number of amides is 1. The zero-order valence-electron chi connectivity index (χ0n) is 35.7. The lowest BCUT2D eigenvalue weighted by Crippen LogP contribution is -2.24. The first-order valence-corrected chi connectivity index (χ1v) is 20.8. The molecule has 0 atom stereocenters. The van der Waals surface area contributed by atoms with Gasteiger partial charge in [0.2, 0.25) is 5.88 Å². The van der Waals surface area contributed by atoms with E-state index in [-0.39, 0.29) is 30.2 Å². The van der Waals surface area contributed by atoms with Gasteiger partial charge in [0.25, 0.3) is 17.2 Å². The summed E-state index contributed by atoms with van der Waals surface area (Å²) >= 11 is 0. The summed E-state index contributed by atoms with van der Waals surface area (Å²) in [4.78, 5) is 54.4. The number of aryl methyl sites for hydroxylation is 3. The third kappa shape index (κ3) is 9.14. The molecule has 8 aromatic rings. The number of Topliss-reactive ketones (excluding diaryl/α,β-unsaturated/α-hetero) is 1. The Morgan fingerprint density at radius 3 is 1.85 bits per heavy atom. The van der Waals surface area contributed by atoms with Crippen molar-refractivity contribution in [1.29, 1.82) is 0 Å². The van der Waals surface area contributed by atoms with E-state index in [4.69, 9.17) is 15.4 Å². The van der Waals surface area contributed by atoms with Crippen LogP contribution < -0.4 is 16.0 Å². The SMILES string of the molecule is CCc1c(C(=O)C(N)=O)c2c(OCCOOC)nc(C)cn2c1Cc1ccccc1-c1ccccc1.CCc1cc2c(=O)[nH]c(C)cn2c1Cc1ccccc1-c1ccccc1. The van der Waals surface area contributed by atoms with Crippen molar-refractivity contribution in [3.8, 4) is 28.1 Å². The molecule has 11 heteroatoms. The highest BCUT2D eigenvalue weighted by Gasteiger charge is 2.29. The second-order valence-corrected chi connectivity index (χ2v) is 15.0. The number of H-pyrrole nitrogens is 1. The van der Waals surface area contributed by atoms with Crippen molar-refractivity contribution in [3.63, 3.8) is 0 Å². The maximum absolute atomic E-state index is 13.1. The van der Waals surface area contributed by atoms with Crippen molar-refractivity contribution in [2.45, 2.75) is 53.4 Å². The van der Waals surface area contributed by atoms with Gasteiger partial charge in [-0.25, -0.2) is 14.8 Å². The number of carbonyl (C=O) groups is 2. The fourth-order valence-electron chi connectivity index (χ4n) is 8.19. The molecule has 0 unspecified atom stereocenters. The Morgan fingerprint density at radius 2 is 1.29 bits per heavy atom. The van der Waals surface area contributed by atoms with E-state index in [0.717, 1.165) is 52.0 Å². The fourth-order valence-corrected chi connectivity index (χ4v) is 8.19. The molecule has 0 spiro atoms. The number of aromatic nitrogens is 4. The van der Waals surface area contributed by atoms with E-state index in [1.807, 2.05) is 80.0 Å². The number of nitrogens with two attached hydrogens (primary N) is 1. The van der Waals surface area contributed by atoms with Crippen molar-refractivity contribution >= 4 is 22.7 Å². The number of benzene rings is 4. The van der Waals surface area contributed by atoms with Gasteiger partial charge in [0, 0.05) is 42.3 Å². The van der Waals surface area contributed by atoms with Gasteiger partial charge in [-0.1, -0.05) is 123 Å². The molecule has 4 aromatic heterocycles. The molecule has 4 heterocycles. The summed E-state index contributed by atoms with van der Waals surface area (Å²) < 4.78 is 9.86. The molecule has 62 heavy (non-hydrogen) atoms. The number of primary amides is 1. The topological polar surface area (TPSA) is 142 Å². The number of hydrogen-bond donors (Lipinski definition) is 2. The van der Waals surface area contributed by atoms with Crippen molar-refractivity contribution < 1.29 is 24.1 Å². The van der Waals surface area contributed by atoms with Gasteiger partial charge < -0.3 is 24.3 Å². The van der Waals surface area contributed by atoms with Crippen LogP contribution in [0.15, 0.2) is 132 Å². The number of ether oxygens (including phenoxy) is 1. The van der Waals surface area contributed by atoms with Gasteiger partial charge >= 0.3 is 0 Å². The van der Waals surface area contributed by atoms with Crippen molar-refractivity contribution in [2.75, 3.05) is 20.3 Å². The molecule has 0 aliphatic rings. The van der Waals surface area contributed by atoms with Crippen LogP contribution in [0.2, 0.25) is 0 Å². The van der Waals surface area contributed by atoms with E-state index < -0.39 is 11.7 Å². The number of aromatic amines is 1.